The molecule has 0 radical (unpaired) electrons. The minimum Gasteiger partial charge on any atom is -0.467 e. The van der Waals surface area contributed by atoms with Gasteiger partial charge in [0.1, 0.15) is 0 Å². The standard InChI is InChI=1S/C12H16N2O6/c1-5-20-12(17)8-7(2)13-6-14(8)9(10(15)18-3)11(16)19-4/h6,9H,5H2,1-4H3. The van der Waals surface area contributed by atoms with E-state index in [4.69, 9.17) is 4.74 Å². The van der Waals surface area contributed by atoms with Crippen molar-refractivity contribution in [1.29, 1.82) is 0 Å². The van der Waals surface area contributed by atoms with Crippen LogP contribution in [-0.2, 0) is 23.8 Å². The number of aromatic nitrogens is 2. The van der Waals surface area contributed by atoms with Gasteiger partial charge >= 0.3 is 17.9 Å². The molecule has 0 saturated carbocycles. The fourth-order valence-corrected chi connectivity index (χ4v) is 1.65. The SMILES string of the molecule is CCOC(=O)c1c(C)ncn1C(C(=O)OC)C(=O)OC. The molecule has 0 unspecified atom stereocenters. The molecule has 20 heavy (non-hydrogen) atoms. The predicted molar refractivity (Wildman–Crippen MR) is 66.0 cm³/mol. The van der Waals surface area contributed by atoms with Crippen LogP contribution in [0.2, 0.25) is 0 Å². The van der Waals surface area contributed by atoms with Crippen molar-refractivity contribution in [3.63, 3.8) is 0 Å². The summed E-state index contributed by atoms with van der Waals surface area (Å²) >= 11 is 0. The van der Waals surface area contributed by atoms with Crippen LogP contribution in [0.5, 0.6) is 0 Å². The number of carbonyl (C=O) groups is 3. The molecule has 0 aliphatic carbocycles. The molecule has 0 spiro atoms. The number of hydrogen-bond donors (Lipinski definition) is 0. The normalized spacial score (nSPS) is 10.2. The lowest BCUT2D eigenvalue weighted by Gasteiger charge is -2.16. The molecule has 1 heterocycles. The van der Waals surface area contributed by atoms with Gasteiger partial charge in [0, 0.05) is 0 Å². The Hall–Kier alpha value is -2.38. The first-order valence-electron chi connectivity index (χ1n) is 5.84. The first-order chi connectivity index (χ1) is 9.47. The van der Waals surface area contributed by atoms with E-state index in [0.29, 0.717) is 5.69 Å². The monoisotopic (exact) mass is 284 g/mol. The van der Waals surface area contributed by atoms with E-state index in [1.807, 2.05) is 0 Å². The number of imidazole rings is 1. The molecule has 1 aromatic heterocycles. The van der Waals surface area contributed by atoms with Crippen LogP contribution < -0.4 is 0 Å². The van der Waals surface area contributed by atoms with E-state index in [2.05, 4.69) is 14.5 Å². The quantitative estimate of drug-likeness (QED) is 0.434. The van der Waals surface area contributed by atoms with Gasteiger partial charge in [-0.1, -0.05) is 0 Å². The Morgan fingerprint density at radius 2 is 1.80 bits per heavy atom. The zero-order chi connectivity index (χ0) is 15.3. The fourth-order valence-electron chi connectivity index (χ4n) is 1.65. The van der Waals surface area contributed by atoms with E-state index in [0.717, 1.165) is 18.8 Å². The number of esters is 3. The first-order valence-corrected chi connectivity index (χ1v) is 5.84. The summed E-state index contributed by atoms with van der Waals surface area (Å²) in [5.41, 5.74) is 0.342. The summed E-state index contributed by atoms with van der Waals surface area (Å²) in [4.78, 5) is 39.3. The van der Waals surface area contributed by atoms with Crippen molar-refractivity contribution in [2.45, 2.75) is 19.9 Å². The molecule has 0 atom stereocenters. The molecule has 0 bridgehead atoms. The van der Waals surface area contributed by atoms with E-state index in [9.17, 15) is 14.4 Å². The average molecular weight is 284 g/mol. The second-order valence-electron chi connectivity index (χ2n) is 3.76. The smallest absolute Gasteiger partial charge is 0.356 e. The first kappa shape index (κ1) is 15.7. The van der Waals surface area contributed by atoms with Crippen molar-refractivity contribution in [3.05, 3.63) is 17.7 Å². The molecule has 0 fully saturated rings. The van der Waals surface area contributed by atoms with Gasteiger partial charge < -0.3 is 18.8 Å². The molecule has 0 saturated heterocycles. The highest BCUT2D eigenvalue weighted by Crippen LogP contribution is 2.18. The second kappa shape index (κ2) is 6.69. The lowest BCUT2D eigenvalue weighted by Crippen LogP contribution is -2.31. The number of methoxy groups -OCH3 is 2. The molecule has 1 rings (SSSR count). The summed E-state index contributed by atoms with van der Waals surface area (Å²) in [6.45, 7) is 3.37. The number of aryl methyl sites for hydroxylation is 1. The molecule has 110 valence electrons. The summed E-state index contributed by atoms with van der Waals surface area (Å²) < 4.78 is 15.1. The minimum absolute atomic E-state index is 0.00708. The molecular formula is C12H16N2O6. The summed E-state index contributed by atoms with van der Waals surface area (Å²) in [6.07, 6.45) is 1.19. The Balaban J connectivity index is 3.31. The number of nitrogens with zero attached hydrogens (tertiary/aromatic N) is 2. The van der Waals surface area contributed by atoms with E-state index in [1.54, 1.807) is 13.8 Å². The van der Waals surface area contributed by atoms with Crippen molar-refractivity contribution < 1.29 is 28.6 Å². The Morgan fingerprint density at radius 3 is 2.25 bits per heavy atom. The lowest BCUT2D eigenvalue weighted by molar-refractivity contribution is -0.157. The van der Waals surface area contributed by atoms with Gasteiger partial charge in [0.25, 0.3) is 0 Å². The highest BCUT2D eigenvalue weighted by Gasteiger charge is 2.34. The molecule has 0 amide bonds. The second-order valence-corrected chi connectivity index (χ2v) is 3.76. The number of hydrogen-bond acceptors (Lipinski definition) is 7. The summed E-state index contributed by atoms with van der Waals surface area (Å²) in [6, 6.07) is -1.44. The van der Waals surface area contributed by atoms with Gasteiger partial charge in [-0.2, -0.15) is 0 Å². The maximum atomic E-state index is 11.9. The van der Waals surface area contributed by atoms with Gasteiger partial charge in [-0.25, -0.2) is 19.4 Å². The van der Waals surface area contributed by atoms with Crippen LogP contribution in [0.1, 0.15) is 29.1 Å². The number of rotatable bonds is 5. The van der Waals surface area contributed by atoms with Crippen LogP contribution in [0, 0.1) is 6.92 Å². The van der Waals surface area contributed by atoms with Crippen molar-refractivity contribution in [2.24, 2.45) is 0 Å². The molecule has 0 aliphatic rings. The maximum absolute atomic E-state index is 11.9. The molecule has 8 heteroatoms. The Labute approximate surface area is 115 Å². The van der Waals surface area contributed by atoms with Crippen molar-refractivity contribution in [1.82, 2.24) is 9.55 Å². The third kappa shape index (κ3) is 2.95. The van der Waals surface area contributed by atoms with Crippen LogP contribution in [0.25, 0.3) is 0 Å². The summed E-state index contributed by atoms with van der Waals surface area (Å²) in [5, 5.41) is 0. The van der Waals surface area contributed by atoms with Gasteiger partial charge in [-0.15, -0.1) is 0 Å². The molecule has 8 nitrogen and oxygen atoms in total. The Morgan fingerprint density at radius 1 is 1.25 bits per heavy atom. The molecular weight excluding hydrogens is 268 g/mol. The highest BCUT2D eigenvalue weighted by atomic mass is 16.5. The van der Waals surface area contributed by atoms with E-state index in [1.165, 1.54) is 6.33 Å². The van der Waals surface area contributed by atoms with Crippen molar-refractivity contribution in [2.75, 3.05) is 20.8 Å². The Bertz CT molecular complexity index is 506. The van der Waals surface area contributed by atoms with E-state index in [-0.39, 0.29) is 12.3 Å². The predicted octanol–water partition coefficient (Wildman–Crippen LogP) is 0.255. The lowest BCUT2D eigenvalue weighted by atomic mass is 10.2. The van der Waals surface area contributed by atoms with Gasteiger partial charge in [0.05, 0.1) is 32.8 Å². The molecule has 0 aliphatic heterocycles. The van der Waals surface area contributed by atoms with Crippen LogP contribution in [0.15, 0.2) is 6.33 Å². The topological polar surface area (TPSA) is 96.7 Å². The van der Waals surface area contributed by atoms with Gasteiger partial charge in [0.2, 0.25) is 6.04 Å². The minimum atomic E-state index is -1.44. The van der Waals surface area contributed by atoms with Crippen LogP contribution in [0.3, 0.4) is 0 Å². The van der Waals surface area contributed by atoms with Crippen LogP contribution in [-0.4, -0.2) is 48.3 Å². The zero-order valence-corrected chi connectivity index (χ0v) is 11.7. The van der Waals surface area contributed by atoms with Crippen LogP contribution >= 0.6 is 0 Å². The molecule has 1 aromatic rings. The molecule has 0 N–H and O–H groups in total. The highest BCUT2D eigenvalue weighted by molar-refractivity contribution is 5.99. The average Bonchev–Trinajstić information content (AvgIpc) is 2.80. The third-order valence-electron chi connectivity index (χ3n) is 2.57. The maximum Gasteiger partial charge on any atom is 0.356 e. The van der Waals surface area contributed by atoms with Crippen molar-refractivity contribution in [3.8, 4) is 0 Å². The van der Waals surface area contributed by atoms with Gasteiger partial charge in [0.15, 0.2) is 5.69 Å². The van der Waals surface area contributed by atoms with Gasteiger partial charge in [-0.3, -0.25) is 0 Å². The van der Waals surface area contributed by atoms with Gasteiger partial charge in [-0.05, 0) is 13.8 Å². The number of ether oxygens (including phenoxy) is 3. The van der Waals surface area contributed by atoms with Crippen molar-refractivity contribution >= 4 is 17.9 Å². The van der Waals surface area contributed by atoms with E-state index >= 15 is 0 Å². The van der Waals surface area contributed by atoms with Crippen LogP contribution in [0.4, 0.5) is 0 Å². The summed E-state index contributed by atoms with van der Waals surface area (Å²) in [7, 11) is 2.26. The third-order valence-corrected chi connectivity index (χ3v) is 2.57. The fraction of sp³-hybridized carbons (Fsp3) is 0.500. The van der Waals surface area contributed by atoms with E-state index < -0.39 is 23.9 Å². The molecule has 0 aromatic carbocycles. The summed E-state index contributed by atoms with van der Waals surface area (Å²) in [5.74, 6) is -2.40. The largest absolute Gasteiger partial charge is 0.467 e. The zero-order valence-electron chi connectivity index (χ0n) is 11.7. The number of carbonyl (C=O) groups excluding carboxylic acids is 3. The Kier molecular flexibility index (Phi) is 5.24.